The van der Waals surface area contributed by atoms with Crippen molar-refractivity contribution in [2.45, 2.75) is 103 Å². The number of rotatable bonds is 14. The molecule has 326 valence electrons. The molecule has 3 fully saturated rings. The number of urea groups is 1. The number of anilines is 1. The molecule has 0 unspecified atom stereocenters. The summed E-state index contributed by atoms with van der Waals surface area (Å²) in [6, 6.07) is 11.8. The summed E-state index contributed by atoms with van der Waals surface area (Å²) < 4.78 is 18.5. The zero-order valence-corrected chi connectivity index (χ0v) is 35.7. The molecule has 2 aromatic carbocycles. The number of piperazine rings is 1. The Morgan fingerprint density at radius 1 is 0.867 bits per heavy atom. The van der Waals surface area contributed by atoms with Crippen LogP contribution in [0.1, 0.15) is 81.4 Å². The molecule has 3 saturated heterocycles. The number of hydrogen-bond acceptors (Lipinski definition) is 10. The summed E-state index contributed by atoms with van der Waals surface area (Å²) in [4.78, 5) is 76.2. The summed E-state index contributed by atoms with van der Waals surface area (Å²) >= 11 is 0. The van der Waals surface area contributed by atoms with Crippen molar-refractivity contribution in [3.8, 4) is 0 Å². The van der Waals surface area contributed by atoms with Crippen LogP contribution < -0.4 is 11.1 Å². The average Bonchev–Trinajstić information content (AvgIpc) is 3.43. The van der Waals surface area contributed by atoms with Gasteiger partial charge in [-0.1, -0.05) is 50.5 Å². The first-order valence-electron chi connectivity index (χ1n) is 22.2. The molecular formula is C45H63N7O8. The van der Waals surface area contributed by atoms with Crippen LogP contribution in [-0.2, 0) is 39.0 Å². The second kappa shape index (κ2) is 20.1. The van der Waals surface area contributed by atoms with Gasteiger partial charge in [0.1, 0.15) is 0 Å². The number of piperidine rings is 2. The van der Waals surface area contributed by atoms with E-state index in [9.17, 15) is 24.0 Å². The number of benzene rings is 2. The van der Waals surface area contributed by atoms with Crippen LogP contribution in [0.4, 0.5) is 15.3 Å². The van der Waals surface area contributed by atoms with Gasteiger partial charge in [0.2, 0.25) is 0 Å². The number of likely N-dealkylation sites (tertiary alicyclic amines) is 2. The maximum atomic E-state index is 14.4. The quantitative estimate of drug-likeness (QED) is 0.171. The molecule has 5 heterocycles. The summed E-state index contributed by atoms with van der Waals surface area (Å²) in [6.07, 6.45) is 7.26. The number of para-hydroxylation sites is 1. The molecule has 1 N–H and O–H groups in total. The summed E-state index contributed by atoms with van der Waals surface area (Å²) in [5.41, 5.74) is 4.62. The zero-order chi connectivity index (χ0) is 42.2. The highest BCUT2D eigenvalue weighted by Crippen LogP contribution is 2.27. The van der Waals surface area contributed by atoms with Crippen LogP contribution in [0.5, 0.6) is 0 Å². The van der Waals surface area contributed by atoms with Gasteiger partial charge in [-0.05, 0) is 87.4 Å². The number of carbonyl (C=O) groups excluding carboxylic acids is 4. The van der Waals surface area contributed by atoms with Crippen LogP contribution in [0.2, 0.25) is 0 Å². The van der Waals surface area contributed by atoms with Crippen LogP contribution in [0, 0.1) is 6.92 Å². The molecule has 0 spiro atoms. The average molecular weight is 830 g/mol. The number of hydrogen-bond donors (Lipinski definition) is 1. The number of nitrogens with one attached hydrogen (secondary N) is 1. The minimum absolute atomic E-state index is 0.0201. The van der Waals surface area contributed by atoms with Gasteiger partial charge in [-0.3, -0.25) is 19.1 Å². The fourth-order valence-electron chi connectivity index (χ4n) is 9.44. The van der Waals surface area contributed by atoms with Crippen molar-refractivity contribution in [2.75, 3.05) is 77.4 Å². The molecule has 60 heavy (non-hydrogen) atoms. The molecule has 7 rings (SSSR count). The van der Waals surface area contributed by atoms with Crippen molar-refractivity contribution in [1.29, 1.82) is 0 Å². The first kappa shape index (κ1) is 43.2. The van der Waals surface area contributed by atoms with Crippen molar-refractivity contribution in [3.63, 3.8) is 0 Å². The Bertz CT molecular complexity index is 2020. The monoisotopic (exact) mass is 829 g/mol. The topological polar surface area (TPSA) is 150 Å². The standard InChI is InChI=1S/C45H63N7O8/c1-4-5-6-9-28-58-40(53)17-20-48-18-13-35(14-19-48)49-24-26-50(27-25-49)42(54)39(31-33-29-32(2)41-38(30-33)59-44(56)47(41)3)60-45(57)51-21-15-36(16-22-51)52-23-12-34-10-7-8-11-37(34)46-43(52)55/h7-8,10-11,29-30,35-36,39H,4-6,9,12-28,31H2,1-3H3,(H,46,55)/t39-/m1/s1. The fraction of sp³-hybridized carbons (Fsp3) is 0.622. The predicted molar refractivity (Wildman–Crippen MR) is 228 cm³/mol. The first-order valence-corrected chi connectivity index (χ1v) is 22.2. The minimum atomic E-state index is -1.07. The third-order valence-corrected chi connectivity index (χ3v) is 13.0. The number of fused-ring (bicyclic) bond motifs is 2. The van der Waals surface area contributed by atoms with E-state index in [4.69, 9.17) is 13.9 Å². The van der Waals surface area contributed by atoms with Gasteiger partial charge in [0.15, 0.2) is 11.7 Å². The molecule has 0 bridgehead atoms. The summed E-state index contributed by atoms with van der Waals surface area (Å²) in [6.45, 7) is 11.0. The van der Waals surface area contributed by atoms with E-state index >= 15 is 0 Å². The van der Waals surface area contributed by atoms with E-state index in [1.807, 2.05) is 47.1 Å². The molecule has 15 heteroatoms. The predicted octanol–water partition coefficient (Wildman–Crippen LogP) is 5.16. The van der Waals surface area contributed by atoms with E-state index in [0.717, 1.165) is 87.1 Å². The molecule has 0 saturated carbocycles. The highest BCUT2D eigenvalue weighted by atomic mass is 16.6. The maximum absolute atomic E-state index is 14.4. The first-order chi connectivity index (χ1) is 29.1. The highest BCUT2D eigenvalue weighted by molar-refractivity contribution is 5.91. The second-order valence-electron chi connectivity index (χ2n) is 17.0. The maximum Gasteiger partial charge on any atom is 0.419 e. The van der Waals surface area contributed by atoms with Crippen LogP contribution in [0.15, 0.2) is 45.6 Å². The molecule has 1 aromatic heterocycles. The Balaban J connectivity index is 0.931. The van der Waals surface area contributed by atoms with E-state index < -0.39 is 18.0 Å². The van der Waals surface area contributed by atoms with Gasteiger partial charge < -0.3 is 38.8 Å². The van der Waals surface area contributed by atoms with Gasteiger partial charge in [-0.15, -0.1) is 0 Å². The number of ether oxygens (including phenoxy) is 2. The number of amides is 4. The van der Waals surface area contributed by atoms with Crippen LogP contribution in [0.3, 0.4) is 0 Å². The lowest BCUT2D eigenvalue weighted by atomic mass is 10.0. The Morgan fingerprint density at radius 3 is 2.35 bits per heavy atom. The van der Waals surface area contributed by atoms with Crippen LogP contribution in [0.25, 0.3) is 11.1 Å². The lowest BCUT2D eigenvalue weighted by Gasteiger charge is -2.43. The van der Waals surface area contributed by atoms with Gasteiger partial charge in [-0.2, -0.15) is 0 Å². The molecule has 4 aliphatic rings. The molecule has 1 atom stereocenters. The number of aryl methyl sites for hydroxylation is 2. The molecule has 0 radical (unpaired) electrons. The Morgan fingerprint density at radius 2 is 1.60 bits per heavy atom. The molecule has 4 aliphatic heterocycles. The summed E-state index contributed by atoms with van der Waals surface area (Å²) in [5.74, 6) is -0.819. The number of carbonyl (C=O) groups is 4. The van der Waals surface area contributed by atoms with Crippen LogP contribution >= 0.6 is 0 Å². The largest absolute Gasteiger partial charge is 0.466 e. The van der Waals surface area contributed by atoms with Gasteiger partial charge >= 0.3 is 23.8 Å². The summed E-state index contributed by atoms with van der Waals surface area (Å²) in [5, 5.41) is 3.05. The van der Waals surface area contributed by atoms with Crippen molar-refractivity contribution in [1.82, 2.24) is 29.1 Å². The van der Waals surface area contributed by atoms with E-state index in [1.54, 1.807) is 18.0 Å². The second-order valence-corrected chi connectivity index (χ2v) is 17.0. The highest BCUT2D eigenvalue weighted by Gasteiger charge is 2.36. The van der Waals surface area contributed by atoms with Crippen molar-refractivity contribution in [3.05, 3.63) is 63.6 Å². The van der Waals surface area contributed by atoms with Gasteiger partial charge in [0, 0.05) is 83.6 Å². The third-order valence-electron chi connectivity index (χ3n) is 13.0. The Hall–Kier alpha value is -4.89. The van der Waals surface area contributed by atoms with Gasteiger partial charge in [-0.25, -0.2) is 14.4 Å². The third kappa shape index (κ3) is 10.5. The van der Waals surface area contributed by atoms with Crippen molar-refractivity contribution < 1.29 is 33.1 Å². The van der Waals surface area contributed by atoms with Crippen molar-refractivity contribution >= 4 is 40.8 Å². The van der Waals surface area contributed by atoms with Crippen LogP contribution in [-0.4, -0.2) is 143 Å². The van der Waals surface area contributed by atoms with Gasteiger partial charge in [0.05, 0.1) is 18.5 Å². The number of esters is 1. The minimum Gasteiger partial charge on any atom is -0.466 e. The molecule has 4 amide bonds. The molecule has 15 nitrogen and oxygen atoms in total. The van der Waals surface area contributed by atoms with E-state index in [1.165, 1.54) is 11.0 Å². The molecule has 3 aromatic rings. The smallest absolute Gasteiger partial charge is 0.419 e. The Kier molecular flexibility index (Phi) is 14.5. The zero-order valence-electron chi connectivity index (χ0n) is 35.7. The lowest BCUT2D eigenvalue weighted by Crippen LogP contribution is -2.56. The molecule has 0 aliphatic carbocycles. The van der Waals surface area contributed by atoms with E-state index in [2.05, 4.69) is 22.0 Å². The lowest BCUT2D eigenvalue weighted by molar-refractivity contribution is -0.144. The van der Waals surface area contributed by atoms with Gasteiger partial charge in [0.25, 0.3) is 5.91 Å². The number of aromatic nitrogens is 1. The summed E-state index contributed by atoms with van der Waals surface area (Å²) in [7, 11) is 1.66. The van der Waals surface area contributed by atoms with Crippen molar-refractivity contribution in [2.24, 2.45) is 7.05 Å². The normalized spacial score (nSPS) is 19.2. The number of nitrogens with zero attached hydrogens (tertiary/aromatic N) is 6. The number of unbranched alkanes of at least 4 members (excludes halogenated alkanes) is 3. The SMILES string of the molecule is CCCCCCOC(=O)CCN1CCC(N2CCN(C(=O)[C@@H](Cc3cc(C)c4c(c3)oc(=O)n4C)OC(=O)N3CCC(N4CCc5ccccc5NC4=O)CC3)CC2)CC1. The molecular weight excluding hydrogens is 767 g/mol. The van der Waals surface area contributed by atoms with E-state index in [-0.39, 0.29) is 30.4 Å². The fourth-order valence-corrected chi connectivity index (χ4v) is 9.44. The van der Waals surface area contributed by atoms with E-state index in [0.29, 0.717) is 82.3 Å². The number of oxazole rings is 1. The Labute approximate surface area is 352 Å².